The molecule has 1 aliphatic heterocycles. The molecule has 6 nitrogen and oxygen atoms in total. The van der Waals surface area contributed by atoms with E-state index in [0.717, 1.165) is 49.3 Å². The molecule has 2 heterocycles. The summed E-state index contributed by atoms with van der Waals surface area (Å²) >= 11 is 0. The van der Waals surface area contributed by atoms with Crippen molar-refractivity contribution in [2.75, 3.05) is 46.3 Å². The number of amides is 1. The van der Waals surface area contributed by atoms with E-state index in [1.54, 1.807) is 0 Å². The standard InChI is InChI=1S/C17H24N4O2/c1-13-3-4-16-14(11-13)15(19-23-16)12-17(22)18-5-6-21-9-7-20(2)8-10-21/h3-4,11H,5-10,12H2,1-2H3,(H,18,22). The van der Waals surface area contributed by atoms with Crippen molar-refractivity contribution in [2.24, 2.45) is 0 Å². The number of likely N-dealkylation sites (N-methyl/N-ethyl adjacent to an activating group) is 1. The fourth-order valence-electron chi connectivity index (χ4n) is 2.87. The smallest absolute Gasteiger partial charge is 0.226 e. The Morgan fingerprint density at radius 1 is 1.30 bits per heavy atom. The molecule has 0 bridgehead atoms. The second-order valence-corrected chi connectivity index (χ2v) is 6.30. The molecule has 1 aromatic carbocycles. The van der Waals surface area contributed by atoms with Crippen LogP contribution in [0.15, 0.2) is 22.7 Å². The first-order chi connectivity index (χ1) is 11.1. The lowest BCUT2D eigenvalue weighted by Crippen LogP contribution is -2.47. The van der Waals surface area contributed by atoms with Crippen LogP contribution in [-0.4, -0.2) is 67.2 Å². The molecule has 124 valence electrons. The fourth-order valence-corrected chi connectivity index (χ4v) is 2.87. The molecule has 3 rings (SSSR count). The van der Waals surface area contributed by atoms with Crippen LogP contribution in [0.25, 0.3) is 11.0 Å². The van der Waals surface area contributed by atoms with Gasteiger partial charge in [-0.3, -0.25) is 9.69 Å². The van der Waals surface area contributed by atoms with Gasteiger partial charge in [0.25, 0.3) is 0 Å². The molecule has 6 heteroatoms. The lowest BCUT2D eigenvalue weighted by Gasteiger charge is -2.32. The van der Waals surface area contributed by atoms with Gasteiger partial charge in [-0.15, -0.1) is 0 Å². The SMILES string of the molecule is Cc1ccc2onc(CC(=O)NCCN3CCN(C)CC3)c2c1. The summed E-state index contributed by atoms with van der Waals surface area (Å²) in [6.07, 6.45) is 0.263. The summed E-state index contributed by atoms with van der Waals surface area (Å²) in [5, 5.41) is 7.94. The third kappa shape index (κ3) is 4.09. The van der Waals surface area contributed by atoms with Crippen molar-refractivity contribution in [3.05, 3.63) is 29.5 Å². The van der Waals surface area contributed by atoms with E-state index >= 15 is 0 Å². The molecule has 1 aromatic heterocycles. The number of rotatable bonds is 5. The van der Waals surface area contributed by atoms with Crippen LogP contribution in [0.3, 0.4) is 0 Å². The zero-order valence-corrected chi connectivity index (χ0v) is 13.8. The molecule has 1 aliphatic rings. The lowest BCUT2D eigenvalue weighted by atomic mass is 10.1. The molecule has 23 heavy (non-hydrogen) atoms. The molecule has 0 atom stereocenters. The van der Waals surface area contributed by atoms with Crippen LogP contribution in [0.1, 0.15) is 11.3 Å². The first-order valence-corrected chi connectivity index (χ1v) is 8.14. The third-order valence-electron chi connectivity index (χ3n) is 4.37. The molecule has 1 N–H and O–H groups in total. The number of aromatic nitrogens is 1. The molecule has 0 spiro atoms. The van der Waals surface area contributed by atoms with E-state index in [4.69, 9.17) is 4.52 Å². The molecule has 0 saturated carbocycles. The number of benzene rings is 1. The predicted molar refractivity (Wildman–Crippen MR) is 89.4 cm³/mol. The van der Waals surface area contributed by atoms with Crippen LogP contribution in [0.5, 0.6) is 0 Å². The second kappa shape index (κ2) is 7.10. The lowest BCUT2D eigenvalue weighted by molar-refractivity contribution is -0.120. The quantitative estimate of drug-likeness (QED) is 0.893. The van der Waals surface area contributed by atoms with Crippen molar-refractivity contribution in [3.8, 4) is 0 Å². The van der Waals surface area contributed by atoms with E-state index in [1.165, 1.54) is 0 Å². The van der Waals surface area contributed by atoms with Gasteiger partial charge < -0.3 is 14.7 Å². The van der Waals surface area contributed by atoms with Gasteiger partial charge in [-0.25, -0.2) is 0 Å². The summed E-state index contributed by atoms with van der Waals surface area (Å²) < 4.78 is 5.27. The number of aryl methyl sites for hydroxylation is 1. The predicted octanol–water partition coefficient (Wildman–Crippen LogP) is 1.04. The number of fused-ring (bicyclic) bond motifs is 1. The summed E-state index contributed by atoms with van der Waals surface area (Å²) in [6.45, 7) is 7.93. The Labute approximate surface area is 136 Å². The van der Waals surface area contributed by atoms with Crippen LogP contribution in [-0.2, 0) is 11.2 Å². The minimum absolute atomic E-state index is 0.00386. The zero-order chi connectivity index (χ0) is 16.2. The summed E-state index contributed by atoms with van der Waals surface area (Å²) in [7, 11) is 2.14. The molecule has 2 aromatic rings. The van der Waals surface area contributed by atoms with Gasteiger partial charge in [0.1, 0.15) is 5.69 Å². The minimum atomic E-state index is -0.00386. The van der Waals surface area contributed by atoms with Crippen molar-refractivity contribution in [1.29, 1.82) is 0 Å². The molecule has 0 radical (unpaired) electrons. The first kappa shape index (κ1) is 16.0. The largest absolute Gasteiger partial charge is 0.356 e. The van der Waals surface area contributed by atoms with Gasteiger partial charge in [-0.2, -0.15) is 0 Å². The molecule has 1 amide bonds. The number of hydrogen-bond donors (Lipinski definition) is 1. The van der Waals surface area contributed by atoms with Gasteiger partial charge in [-0.1, -0.05) is 16.8 Å². The van der Waals surface area contributed by atoms with Crippen molar-refractivity contribution in [3.63, 3.8) is 0 Å². The van der Waals surface area contributed by atoms with E-state index in [1.807, 2.05) is 25.1 Å². The van der Waals surface area contributed by atoms with Crippen LogP contribution in [0.4, 0.5) is 0 Å². The van der Waals surface area contributed by atoms with Crippen molar-refractivity contribution < 1.29 is 9.32 Å². The normalized spacial score (nSPS) is 16.8. The molecular weight excluding hydrogens is 292 g/mol. The third-order valence-corrected chi connectivity index (χ3v) is 4.37. The monoisotopic (exact) mass is 316 g/mol. The number of nitrogens with one attached hydrogen (secondary N) is 1. The Balaban J connectivity index is 1.48. The van der Waals surface area contributed by atoms with Gasteiger partial charge >= 0.3 is 0 Å². The minimum Gasteiger partial charge on any atom is -0.356 e. The topological polar surface area (TPSA) is 61.6 Å². The molecule has 0 aliphatic carbocycles. The zero-order valence-electron chi connectivity index (χ0n) is 13.8. The van der Waals surface area contributed by atoms with E-state index < -0.39 is 0 Å². The summed E-state index contributed by atoms with van der Waals surface area (Å²) in [5.74, 6) is -0.00386. The van der Waals surface area contributed by atoms with Crippen LogP contribution in [0.2, 0.25) is 0 Å². The van der Waals surface area contributed by atoms with E-state index in [9.17, 15) is 4.79 Å². The van der Waals surface area contributed by atoms with Gasteiger partial charge in [0, 0.05) is 44.7 Å². The molecule has 1 saturated heterocycles. The molecule has 0 unspecified atom stereocenters. The number of carbonyl (C=O) groups excluding carboxylic acids is 1. The Kier molecular flexibility index (Phi) is 4.93. The number of hydrogen-bond acceptors (Lipinski definition) is 5. The van der Waals surface area contributed by atoms with Crippen molar-refractivity contribution >= 4 is 16.9 Å². The highest BCUT2D eigenvalue weighted by Gasteiger charge is 2.15. The average molecular weight is 316 g/mol. The van der Waals surface area contributed by atoms with Crippen LogP contribution >= 0.6 is 0 Å². The highest BCUT2D eigenvalue weighted by atomic mass is 16.5. The highest BCUT2D eigenvalue weighted by Crippen LogP contribution is 2.20. The van der Waals surface area contributed by atoms with Crippen molar-refractivity contribution in [1.82, 2.24) is 20.3 Å². The maximum atomic E-state index is 12.1. The number of piperazine rings is 1. The van der Waals surface area contributed by atoms with Gasteiger partial charge in [0.2, 0.25) is 5.91 Å². The second-order valence-electron chi connectivity index (χ2n) is 6.30. The molecule has 1 fully saturated rings. The highest BCUT2D eigenvalue weighted by molar-refractivity contribution is 5.86. The first-order valence-electron chi connectivity index (χ1n) is 8.14. The summed E-state index contributed by atoms with van der Waals surface area (Å²) in [5.41, 5.74) is 2.58. The van der Waals surface area contributed by atoms with E-state index in [-0.39, 0.29) is 12.3 Å². The fraction of sp³-hybridized carbons (Fsp3) is 0.529. The Morgan fingerprint density at radius 3 is 2.87 bits per heavy atom. The maximum absolute atomic E-state index is 12.1. The van der Waals surface area contributed by atoms with Gasteiger partial charge in [0.05, 0.1) is 6.42 Å². The summed E-state index contributed by atoms with van der Waals surface area (Å²) in [4.78, 5) is 16.8. The Bertz CT molecular complexity index is 674. The number of carbonyl (C=O) groups is 1. The Hall–Kier alpha value is -1.92. The van der Waals surface area contributed by atoms with E-state index in [0.29, 0.717) is 12.2 Å². The van der Waals surface area contributed by atoms with Gasteiger partial charge in [-0.05, 0) is 26.1 Å². The number of nitrogens with zero attached hydrogens (tertiary/aromatic N) is 3. The Morgan fingerprint density at radius 2 is 2.09 bits per heavy atom. The average Bonchev–Trinajstić information content (AvgIpc) is 2.91. The van der Waals surface area contributed by atoms with Crippen molar-refractivity contribution in [2.45, 2.75) is 13.3 Å². The molecular formula is C17H24N4O2. The van der Waals surface area contributed by atoms with E-state index in [2.05, 4.69) is 27.3 Å². The van der Waals surface area contributed by atoms with Gasteiger partial charge in [0.15, 0.2) is 5.58 Å². The van der Waals surface area contributed by atoms with Crippen LogP contribution < -0.4 is 5.32 Å². The summed E-state index contributed by atoms with van der Waals surface area (Å²) in [6, 6.07) is 5.89. The maximum Gasteiger partial charge on any atom is 0.226 e. The van der Waals surface area contributed by atoms with Crippen LogP contribution in [0, 0.1) is 6.92 Å².